The number of para-hydroxylation sites is 1. The topological polar surface area (TPSA) is 35.9 Å². The largest absolute Gasteiger partial charge is 0.389 e. The van der Waals surface area contributed by atoms with Crippen LogP contribution < -0.4 is 4.90 Å². The van der Waals surface area contributed by atoms with Crippen LogP contribution >= 0.6 is 0 Å². The fourth-order valence-electron chi connectivity index (χ4n) is 6.06. The van der Waals surface area contributed by atoms with Crippen molar-refractivity contribution < 1.29 is 9.84 Å². The minimum Gasteiger partial charge on any atom is -0.389 e. The fourth-order valence-corrected chi connectivity index (χ4v) is 6.06. The van der Waals surface area contributed by atoms with E-state index >= 15 is 0 Å². The van der Waals surface area contributed by atoms with Crippen LogP contribution in [0.1, 0.15) is 40.0 Å². The molecule has 2 aliphatic carbocycles. The predicted octanol–water partition coefficient (Wildman–Crippen LogP) is 3.40. The average molecular weight is 373 g/mol. The molecule has 1 heterocycles. The van der Waals surface area contributed by atoms with E-state index in [0.717, 1.165) is 38.6 Å². The van der Waals surface area contributed by atoms with Gasteiger partial charge in [-0.2, -0.15) is 0 Å². The second-order valence-electron chi connectivity index (χ2n) is 9.91. The Bertz CT molecular complexity index is 622. The molecule has 4 rings (SSSR count). The number of nitrogens with zero attached hydrogens (tertiary/aromatic N) is 2. The average Bonchev–Trinajstić information content (AvgIpc) is 3.14. The summed E-state index contributed by atoms with van der Waals surface area (Å²) in [5, 5.41) is 10.6. The van der Waals surface area contributed by atoms with Crippen LogP contribution in [0, 0.1) is 16.7 Å². The van der Waals surface area contributed by atoms with Crippen LogP contribution in [0.25, 0.3) is 0 Å². The Balaban J connectivity index is 1.23. The number of hydrogen-bond donors (Lipinski definition) is 1. The molecule has 0 spiro atoms. The van der Waals surface area contributed by atoms with Crippen molar-refractivity contribution in [2.24, 2.45) is 16.7 Å². The van der Waals surface area contributed by atoms with Gasteiger partial charge in [0.2, 0.25) is 0 Å². The van der Waals surface area contributed by atoms with Gasteiger partial charge in [-0.05, 0) is 48.1 Å². The number of rotatable bonds is 6. The van der Waals surface area contributed by atoms with Gasteiger partial charge in [0.1, 0.15) is 0 Å². The van der Waals surface area contributed by atoms with Crippen LogP contribution in [0.15, 0.2) is 30.3 Å². The highest BCUT2D eigenvalue weighted by atomic mass is 16.5. The maximum atomic E-state index is 10.6. The molecule has 1 aromatic rings. The lowest BCUT2D eigenvalue weighted by molar-refractivity contribution is -0.113. The van der Waals surface area contributed by atoms with Crippen LogP contribution in [0.4, 0.5) is 5.69 Å². The highest BCUT2D eigenvalue weighted by Crippen LogP contribution is 2.63. The summed E-state index contributed by atoms with van der Waals surface area (Å²) >= 11 is 0. The van der Waals surface area contributed by atoms with Crippen LogP contribution in [0.2, 0.25) is 0 Å². The van der Waals surface area contributed by atoms with Gasteiger partial charge in [-0.15, -0.1) is 0 Å². The number of benzene rings is 1. The highest BCUT2D eigenvalue weighted by Gasteiger charge is 2.60. The van der Waals surface area contributed by atoms with E-state index in [0.29, 0.717) is 12.0 Å². The number of hydrogen-bond acceptors (Lipinski definition) is 4. The first kappa shape index (κ1) is 19.2. The molecular weight excluding hydrogens is 336 g/mol. The summed E-state index contributed by atoms with van der Waals surface area (Å²) < 4.78 is 6.36. The minimum absolute atomic E-state index is 0.244. The van der Waals surface area contributed by atoms with E-state index in [9.17, 15) is 5.11 Å². The van der Waals surface area contributed by atoms with Crippen molar-refractivity contribution >= 4 is 5.69 Å². The van der Waals surface area contributed by atoms with E-state index in [-0.39, 0.29) is 11.5 Å². The molecule has 0 radical (unpaired) electrons. The highest BCUT2D eigenvalue weighted by molar-refractivity contribution is 5.46. The molecule has 0 amide bonds. The lowest BCUT2D eigenvalue weighted by atomic mass is 9.70. The second kappa shape index (κ2) is 7.38. The Morgan fingerprint density at radius 2 is 1.81 bits per heavy atom. The third kappa shape index (κ3) is 3.76. The molecule has 3 aliphatic rings. The van der Waals surface area contributed by atoms with Crippen LogP contribution in [0.3, 0.4) is 0 Å². The number of β-amino-alcohol motifs (C(OH)–C–C–N with tert-alkyl or cyclic N) is 1. The smallest absolute Gasteiger partial charge is 0.0900 e. The first-order chi connectivity index (χ1) is 12.9. The SMILES string of the molecule is CC1(C)[C@H]2CC[C@](C)(C2)[C@@H]1OC[C@H](O)CN1CCN(c2ccccc2)CC1. The first-order valence-corrected chi connectivity index (χ1v) is 10.7. The molecule has 150 valence electrons. The Morgan fingerprint density at radius 3 is 2.44 bits per heavy atom. The van der Waals surface area contributed by atoms with Crippen molar-refractivity contribution in [3.8, 4) is 0 Å². The molecule has 0 unspecified atom stereocenters. The molecule has 2 bridgehead atoms. The van der Waals surface area contributed by atoms with Crippen molar-refractivity contribution in [2.75, 3.05) is 44.2 Å². The maximum absolute atomic E-state index is 10.6. The van der Waals surface area contributed by atoms with Gasteiger partial charge in [0.15, 0.2) is 0 Å². The van der Waals surface area contributed by atoms with Crippen molar-refractivity contribution in [1.82, 2.24) is 4.90 Å². The van der Waals surface area contributed by atoms with E-state index in [4.69, 9.17) is 4.74 Å². The number of ether oxygens (including phenoxy) is 1. The third-order valence-electron chi connectivity index (χ3n) is 7.56. The maximum Gasteiger partial charge on any atom is 0.0900 e. The Hall–Kier alpha value is -1.10. The summed E-state index contributed by atoms with van der Waals surface area (Å²) in [7, 11) is 0. The van der Waals surface area contributed by atoms with Gasteiger partial charge < -0.3 is 14.7 Å². The quantitative estimate of drug-likeness (QED) is 0.830. The van der Waals surface area contributed by atoms with E-state index in [1.807, 2.05) is 0 Å². The summed E-state index contributed by atoms with van der Waals surface area (Å²) in [6, 6.07) is 10.6. The molecule has 4 heteroatoms. The number of piperazine rings is 1. The zero-order valence-corrected chi connectivity index (χ0v) is 17.2. The fraction of sp³-hybridized carbons (Fsp3) is 0.739. The lowest BCUT2D eigenvalue weighted by Gasteiger charge is -2.43. The zero-order valence-electron chi connectivity index (χ0n) is 17.2. The standard InChI is InChI=1S/C23H36N2O2/c1-22(2)18-9-10-23(3,15-18)21(22)27-17-20(26)16-24-11-13-25(14-12-24)19-7-5-4-6-8-19/h4-8,18,20-21,26H,9-17H2,1-3H3/t18-,20+,21+,23+/m0/s1. The third-order valence-corrected chi connectivity index (χ3v) is 7.56. The van der Waals surface area contributed by atoms with Crippen LogP contribution in [0.5, 0.6) is 0 Å². The molecule has 0 aromatic heterocycles. The molecule has 4 nitrogen and oxygen atoms in total. The van der Waals surface area contributed by atoms with Crippen molar-refractivity contribution in [2.45, 2.75) is 52.2 Å². The van der Waals surface area contributed by atoms with Gasteiger partial charge in [-0.25, -0.2) is 0 Å². The summed E-state index contributed by atoms with van der Waals surface area (Å²) in [5.41, 5.74) is 1.86. The zero-order chi connectivity index (χ0) is 19.1. The molecular formula is C23H36N2O2. The monoisotopic (exact) mass is 372 g/mol. The first-order valence-electron chi connectivity index (χ1n) is 10.7. The van der Waals surface area contributed by atoms with E-state index < -0.39 is 6.10 Å². The molecule has 1 saturated heterocycles. The van der Waals surface area contributed by atoms with E-state index in [2.05, 4.69) is 60.9 Å². The van der Waals surface area contributed by atoms with Crippen molar-refractivity contribution in [1.29, 1.82) is 0 Å². The molecule has 1 aromatic carbocycles. The predicted molar refractivity (Wildman–Crippen MR) is 110 cm³/mol. The van der Waals surface area contributed by atoms with Gasteiger partial charge in [-0.3, -0.25) is 4.90 Å². The van der Waals surface area contributed by atoms with Crippen LogP contribution in [-0.4, -0.2) is 61.5 Å². The molecule has 1 N–H and O–H groups in total. The number of anilines is 1. The molecule has 27 heavy (non-hydrogen) atoms. The Morgan fingerprint density at radius 1 is 1.11 bits per heavy atom. The van der Waals surface area contributed by atoms with Gasteiger partial charge in [-0.1, -0.05) is 39.0 Å². The van der Waals surface area contributed by atoms with Crippen LogP contribution in [-0.2, 0) is 4.74 Å². The van der Waals surface area contributed by atoms with Gasteiger partial charge >= 0.3 is 0 Å². The minimum atomic E-state index is -0.396. The molecule has 1 aliphatic heterocycles. The number of aliphatic hydroxyl groups is 1. The van der Waals surface area contributed by atoms with Crippen molar-refractivity contribution in [3.05, 3.63) is 30.3 Å². The Kier molecular flexibility index (Phi) is 5.26. The number of fused-ring (bicyclic) bond motifs is 2. The summed E-state index contributed by atoms with van der Waals surface area (Å²) in [4.78, 5) is 4.80. The summed E-state index contributed by atoms with van der Waals surface area (Å²) in [5.74, 6) is 0.788. The molecule has 2 saturated carbocycles. The summed E-state index contributed by atoms with van der Waals surface area (Å²) in [6.45, 7) is 12.3. The summed E-state index contributed by atoms with van der Waals surface area (Å²) in [6.07, 6.45) is 3.81. The Labute approximate surface area is 164 Å². The normalized spacial score (nSPS) is 34.1. The second-order valence-corrected chi connectivity index (χ2v) is 9.91. The molecule has 4 atom stereocenters. The van der Waals surface area contributed by atoms with E-state index in [1.54, 1.807) is 0 Å². The van der Waals surface area contributed by atoms with Gasteiger partial charge in [0.05, 0.1) is 18.8 Å². The lowest BCUT2D eigenvalue weighted by Crippen LogP contribution is -2.50. The van der Waals surface area contributed by atoms with Gasteiger partial charge in [0, 0.05) is 38.4 Å². The van der Waals surface area contributed by atoms with E-state index in [1.165, 1.54) is 24.9 Å². The molecule has 3 fully saturated rings. The van der Waals surface area contributed by atoms with Crippen molar-refractivity contribution in [3.63, 3.8) is 0 Å². The van der Waals surface area contributed by atoms with Gasteiger partial charge in [0.25, 0.3) is 0 Å². The number of aliphatic hydroxyl groups excluding tert-OH is 1.